The van der Waals surface area contributed by atoms with Crippen molar-refractivity contribution in [2.75, 3.05) is 0 Å². The minimum absolute atomic E-state index is 0.984. The van der Waals surface area contributed by atoms with Gasteiger partial charge in [0.15, 0.2) is 0 Å². The number of fused-ring (bicyclic) bond motifs is 3. The third-order valence-electron chi connectivity index (χ3n) is 3.98. The van der Waals surface area contributed by atoms with Crippen molar-refractivity contribution in [1.82, 2.24) is 0 Å². The largest absolute Gasteiger partial charge is 0.364 e. The summed E-state index contributed by atoms with van der Waals surface area (Å²) in [6, 6.07) is 28.7. The van der Waals surface area contributed by atoms with Gasteiger partial charge in [0.2, 0.25) is 0 Å². The van der Waals surface area contributed by atoms with Crippen LogP contribution in [0.5, 0.6) is 0 Å². The van der Waals surface area contributed by atoms with Gasteiger partial charge in [-0.1, -0.05) is 78.9 Å². The lowest BCUT2D eigenvalue weighted by atomic mass is 10.0. The van der Waals surface area contributed by atoms with Gasteiger partial charge in [-0.2, -0.15) is 0 Å². The van der Waals surface area contributed by atoms with E-state index in [2.05, 4.69) is 42.5 Å². The summed E-state index contributed by atoms with van der Waals surface area (Å²) >= 11 is 0. The maximum atomic E-state index is 10.9. The van der Waals surface area contributed by atoms with Gasteiger partial charge in [-0.05, 0) is 27.6 Å². The van der Waals surface area contributed by atoms with Gasteiger partial charge in [0.1, 0.15) is 0 Å². The Labute approximate surface area is 130 Å². The molecular weight excluding hydrogens is 287 g/mol. The summed E-state index contributed by atoms with van der Waals surface area (Å²) in [5.41, 5.74) is 0. The predicted molar refractivity (Wildman–Crippen MR) is 96.3 cm³/mol. The zero-order chi connectivity index (χ0) is 14.9. The van der Waals surface area contributed by atoms with Crippen molar-refractivity contribution in [3.05, 3.63) is 84.9 Å². The van der Waals surface area contributed by atoms with E-state index in [9.17, 15) is 4.89 Å². The predicted octanol–water partition coefficient (Wildman–Crippen LogP) is 4.33. The molecule has 0 unspecified atom stereocenters. The molecule has 0 aromatic heterocycles. The normalized spacial score (nSPS) is 12.6. The molecule has 4 rings (SSSR count). The van der Waals surface area contributed by atoms with E-state index in [4.69, 9.17) is 0 Å². The van der Waals surface area contributed by atoms with Crippen LogP contribution in [0.25, 0.3) is 21.5 Å². The SMILES string of the molecule is O[P@@](c1ccccc1)c1cc2ccccc2c2ccccc12. The summed E-state index contributed by atoms with van der Waals surface area (Å²) in [6.07, 6.45) is 0. The van der Waals surface area contributed by atoms with Crippen LogP contribution in [0.15, 0.2) is 84.9 Å². The fourth-order valence-corrected chi connectivity index (χ4v) is 4.34. The highest BCUT2D eigenvalue weighted by atomic mass is 31.1. The number of hydrogen-bond donors (Lipinski definition) is 1. The van der Waals surface area contributed by atoms with Crippen molar-refractivity contribution in [3.8, 4) is 0 Å². The molecule has 0 aliphatic rings. The van der Waals surface area contributed by atoms with Gasteiger partial charge >= 0.3 is 0 Å². The maximum absolute atomic E-state index is 10.9. The van der Waals surface area contributed by atoms with E-state index in [-0.39, 0.29) is 0 Å². The lowest BCUT2D eigenvalue weighted by Gasteiger charge is -2.16. The lowest BCUT2D eigenvalue weighted by molar-refractivity contribution is 0.645. The van der Waals surface area contributed by atoms with Crippen molar-refractivity contribution < 1.29 is 4.89 Å². The molecule has 0 bridgehead atoms. The first-order valence-electron chi connectivity index (χ1n) is 7.29. The van der Waals surface area contributed by atoms with Crippen LogP contribution in [-0.2, 0) is 0 Å². The smallest absolute Gasteiger partial charge is 0.0883 e. The van der Waals surface area contributed by atoms with Gasteiger partial charge in [-0.3, -0.25) is 0 Å². The summed E-state index contributed by atoms with van der Waals surface area (Å²) in [5, 5.41) is 6.76. The van der Waals surface area contributed by atoms with Gasteiger partial charge in [0, 0.05) is 10.6 Å². The van der Waals surface area contributed by atoms with Crippen molar-refractivity contribution in [3.63, 3.8) is 0 Å². The van der Waals surface area contributed by atoms with E-state index < -0.39 is 8.15 Å². The van der Waals surface area contributed by atoms with Crippen LogP contribution in [0.4, 0.5) is 0 Å². The van der Waals surface area contributed by atoms with Gasteiger partial charge < -0.3 is 4.89 Å². The first-order chi connectivity index (χ1) is 10.8. The molecule has 4 aromatic rings. The third-order valence-corrected chi connectivity index (χ3v) is 5.59. The lowest BCUT2D eigenvalue weighted by Crippen LogP contribution is -2.12. The van der Waals surface area contributed by atoms with Crippen LogP contribution in [-0.4, -0.2) is 4.89 Å². The molecule has 0 amide bonds. The van der Waals surface area contributed by atoms with Crippen LogP contribution in [0, 0.1) is 0 Å². The summed E-state index contributed by atoms with van der Waals surface area (Å²) in [5.74, 6) is 0. The number of hydrogen-bond acceptors (Lipinski definition) is 1. The highest BCUT2D eigenvalue weighted by molar-refractivity contribution is 7.68. The average molecular weight is 302 g/mol. The Balaban J connectivity index is 2.04. The molecule has 1 nitrogen and oxygen atoms in total. The molecule has 2 heteroatoms. The zero-order valence-corrected chi connectivity index (χ0v) is 12.9. The van der Waals surface area contributed by atoms with Crippen molar-refractivity contribution >= 4 is 40.3 Å². The highest BCUT2D eigenvalue weighted by Crippen LogP contribution is 2.35. The fourth-order valence-electron chi connectivity index (χ4n) is 2.92. The van der Waals surface area contributed by atoms with Crippen LogP contribution in [0.2, 0.25) is 0 Å². The molecule has 0 aliphatic carbocycles. The molecule has 22 heavy (non-hydrogen) atoms. The van der Waals surface area contributed by atoms with E-state index in [0.29, 0.717) is 0 Å². The van der Waals surface area contributed by atoms with Gasteiger partial charge in [0.05, 0.1) is 8.15 Å². The second-order valence-electron chi connectivity index (χ2n) is 5.31. The third kappa shape index (κ3) is 2.20. The Bertz CT molecular complexity index is 947. The van der Waals surface area contributed by atoms with Crippen LogP contribution in [0.3, 0.4) is 0 Å². The zero-order valence-electron chi connectivity index (χ0n) is 12.0. The second-order valence-corrected chi connectivity index (χ2v) is 6.93. The summed E-state index contributed by atoms with van der Waals surface area (Å²) in [6.45, 7) is 0. The molecule has 0 heterocycles. The van der Waals surface area contributed by atoms with Gasteiger partial charge in [0.25, 0.3) is 0 Å². The van der Waals surface area contributed by atoms with Gasteiger partial charge in [-0.25, -0.2) is 0 Å². The first-order valence-corrected chi connectivity index (χ1v) is 8.58. The quantitative estimate of drug-likeness (QED) is 0.431. The van der Waals surface area contributed by atoms with Crippen molar-refractivity contribution in [2.45, 2.75) is 0 Å². The summed E-state index contributed by atoms with van der Waals surface area (Å²) in [4.78, 5) is 10.9. The Morgan fingerprint density at radius 1 is 0.591 bits per heavy atom. The van der Waals surface area contributed by atoms with Crippen molar-refractivity contribution in [1.29, 1.82) is 0 Å². The topological polar surface area (TPSA) is 20.2 Å². The molecule has 106 valence electrons. The minimum atomic E-state index is -1.34. The molecule has 0 spiro atoms. The maximum Gasteiger partial charge on any atom is 0.0883 e. The Morgan fingerprint density at radius 3 is 1.95 bits per heavy atom. The molecule has 4 aromatic carbocycles. The number of benzene rings is 4. The fraction of sp³-hybridized carbons (Fsp3) is 0. The van der Waals surface area contributed by atoms with E-state index in [1.165, 1.54) is 16.2 Å². The molecule has 0 saturated carbocycles. The summed E-state index contributed by atoms with van der Waals surface area (Å²) < 4.78 is 0. The first kappa shape index (κ1) is 13.5. The monoisotopic (exact) mass is 302 g/mol. The van der Waals surface area contributed by atoms with Gasteiger partial charge in [-0.15, -0.1) is 0 Å². The highest BCUT2D eigenvalue weighted by Gasteiger charge is 2.15. The van der Waals surface area contributed by atoms with Crippen molar-refractivity contribution in [2.24, 2.45) is 0 Å². The molecule has 0 radical (unpaired) electrons. The van der Waals surface area contributed by atoms with Crippen LogP contribution in [0.1, 0.15) is 0 Å². The van der Waals surface area contributed by atoms with E-state index in [1.807, 2.05) is 42.5 Å². The Kier molecular flexibility index (Phi) is 3.38. The molecule has 0 saturated heterocycles. The Hall–Kier alpha value is -2.21. The minimum Gasteiger partial charge on any atom is -0.364 e. The van der Waals surface area contributed by atoms with Crippen LogP contribution >= 0.6 is 8.15 Å². The summed E-state index contributed by atoms with van der Waals surface area (Å²) in [7, 11) is -1.34. The molecular formula is C20H15OP. The average Bonchev–Trinajstić information content (AvgIpc) is 2.61. The number of rotatable bonds is 2. The Morgan fingerprint density at radius 2 is 1.18 bits per heavy atom. The molecule has 0 aliphatic heterocycles. The molecule has 1 N–H and O–H groups in total. The van der Waals surface area contributed by atoms with E-state index in [0.717, 1.165) is 16.0 Å². The standard InChI is InChI=1S/C20H15OP/c21-22(16-9-2-1-3-10-16)20-14-15-8-4-5-11-17(15)18-12-6-7-13-19(18)20/h1-14,21H/t22-/m0/s1. The molecule has 1 atom stereocenters. The van der Waals surface area contributed by atoms with Crippen LogP contribution < -0.4 is 10.6 Å². The molecule has 0 fully saturated rings. The second kappa shape index (κ2) is 5.53. The van der Waals surface area contributed by atoms with E-state index in [1.54, 1.807) is 0 Å². The van der Waals surface area contributed by atoms with E-state index >= 15 is 0 Å².